The fourth-order valence-electron chi connectivity index (χ4n) is 13.9. The molecule has 0 atom stereocenters. The lowest BCUT2D eigenvalue weighted by Crippen LogP contribution is -2.03. The molecule has 0 aliphatic rings. The highest BCUT2D eigenvalue weighted by Crippen LogP contribution is 2.49. The van der Waals surface area contributed by atoms with E-state index in [-0.39, 0.29) is 67.5 Å². The highest BCUT2D eigenvalue weighted by molar-refractivity contribution is 6.15. The van der Waals surface area contributed by atoms with Gasteiger partial charge in [-0.15, -0.1) is 0 Å². The SMILES string of the molecule is [C-]#[N+]c1cc(C#N)c(-c2ccc3c(c2)c2cc(-c4c(C#N)cc([N+]#[C-])cc4[N+]#[C-])ccc2n3-c2cc(-c3nc(-c4ccccc4)cc(-c4ccccc4)n3)ccc2-c2ccccc2-n2c3ccc(-c4c(C#N)cc(C#N)cc4[N+]#[C-])cc3c3cc(-c4c([N+]#[C-])cc(C#N)cc4[N+]#[C-])ccc32)c(C#N)c1. The van der Waals surface area contributed by atoms with Gasteiger partial charge in [0.25, 0.3) is 0 Å². The van der Waals surface area contributed by atoms with Crippen molar-refractivity contribution in [2.75, 3.05) is 0 Å². The minimum atomic E-state index is 0.0950. The first-order valence-electron chi connectivity index (χ1n) is 31.8. The van der Waals surface area contributed by atoms with E-state index in [0.717, 1.165) is 11.1 Å². The highest BCUT2D eigenvalue weighted by Gasteiger charge is 2.27. The van der Waals surface area contributed by atoms with Gasteiger partial charge in [0.2, 0.25) is 0 Å². The Morgan fingerprint density at radius 1 is 0.279 bits per heavy atom. The number of hydrogen-bond acceptors (Lipinski definition) is 8. The lowest BCUT2D eigenvalue weighted by Gasteiger charge is -2.20. The topological polar surface area (TPSA) is 205 Å². The molecule has 3 aromatic heterocycles. The van der Waals surface area contributed by atoms with Crippen LogP contribution in [0, 0.1) is 107 Å². The highest BCUT2D eigenvalue weighted by atomic mass is 15.0. The van der Waals surface area contributed by atoms with Gasteiger partial charge in [0.1, 0.15) is 0 Å². The summed E-state index contributed by atoms with van der Waals surface area (Å²) in [6.45, 7) is 48.8. The Balaban J connectivity index is 1.06. The van der Waals surface area contributed by atoms with Gasteiger partial charge >= 0.3 is 0 Å². The molecule has 12 aromatic carbocycles. The third kappa shape index (κ3) is 10.6. The summed E-state index contributed by atoms with van der Waals surface area (Å²) in [6.07, 6.45) is 0. The average Bonchev–Trinajstić information content (AvgIpc) is 1.56. The summed E-state index contributed by atoms with van der Waals surface area (Å²) in [6, 6.07) is 82.8. The Labute approximate surface area is 594 Å². The lowest BCUT2D eigenvalue weighted by molar-refractivity contribution is 1.15. The van der Waals surface area contributed by atoms with Crippen LogP contribution in [-0.4, -0.2) is 19.1 Å². The fraction of sp³-hybridized carbons (Fsp3) is 0. The Morgan fingerprint density at radius 2 is 0.644 bits per heavy atom. The second kappa shape index (κ2) is 26.0. The van der Waals surface area contributed by atoms with Gasteiger partial charge in [-0.2, -0.15) is 31.6 Å². The van der Waals surface area contributed by atoms with Crippen LogP contribution in [-0.2, 0) is 0 Å². The van der Waals surface area contributed by atoms with Gasteiger partial charge in [0.15, 0.2) is 39.9 Å². The Morgan fingerprint density at radius 3 is 1.10 bits per heavy atom. The van der Waals surface area contributed by atoms with Crippen LogP contribution in [0.1, 0.15) is 33.4 Å². The molecular formula is C88H38N16. The van der Waals surface area contributed by atoms with Crippen molar-refractivity contribution in [3.8, 4) is 137 Å². The van der Waals surface area contributed by atoms with Crippen LogP contribution in [0.25, 0.3) is 174 Å². The van der Waals surface area contributed by atoms with Crippen molar-refractivity contribution in [3.05, 3.63) is 332 Å². The maximum absolute atomic E-state index is 10.7. The van der Waals surface area contributed by atoms with E-state index in [0.29, 0.717) is 133 Å². The third-order valence-electron chi connectivity index (χ3n) is 18.4. The number of benzene rings is 12. The van der Waals surface area contributed by atoms with Crippen molar-refractivity contribution < 1.29 is 0 Å². The minimum absolute atomic E-state index is 0.0950. The van der Waals surface area contributed by atoms with E-state index in [4.69, 9.17) is 49.4 Å². The number of nitrogens with zero attached hydrogens (tertiary/aromatic N) is 16. The predicted octanol–water partition coefficient (Wildman–Crippen LogP) is 22.5. The first kappa shape index (κ1) is 63.3. The van der Waals surface area contributed by atoms with E-state index >= 15 is 0 Å². The molecule has 0 amide bonds. The summed E-state index contributed by atoms with van der Waals surface area (Å²) in [7, 11) is 0. The zero-order chi connectivity index (χ0) is 71.9. The van der Waals surface area contributed by atoms with Gasteiger partial charge in [-0.25, -0.2) is 39.0 Å². The molecule has 0 saturated heterocycles. The Hall–Kier alpha value is -16.8. The molecule has 16 heteroatoms. The van der Waals surface area contributed by atoms with Crippen molar-refractivity contribution in [2.45, 2.75) is 0 Å². The van der Waals surface area contributed by atoms with Crippen molar-refractivity contribution in [3.63, 3.8) is 0 Å². The summed E-state index contributed by atoms with van der Waals surface area (Å²) < 4.78 is 4.22. The van der Waals surface area contributed by atoms with Crippen molar-refractivity contribution >= 4 is 77.7 Å². The van der Waals surface area contributed by atoms with Gasteiger partial charge < -0.3 is 9.13 Å². The molecule has 0 spiro atoms. The van der Waals surface area contributed by atoms with Crippen molar-refractivity contribution in [1.82, 2.24) is 19.1 Å². The van der Waals surface area contributed by atoms with E-state index in [2.05, 4.69) is 74.6 Å². The summed E-state index contributed by atoms with van der Waals surface area (Å²) in [5.74, 6) is 0.397. The number of para-hydroxylation sites is 1. The van der Waals surface area contributed by atoms with Crippen LogP contribution in [0.4, 0.5) is 34.1 Å². The molecule has 0 unspecified atom stereocenters. The normalized spacial score (nSPS) is 10.6. The summed E-state index contributed by atoms with van der Waals surface area (Å²) in [5.41, 5.74) is 13.7. The van der Waals surface area contributed by atoms with Gasteiger partial charge in [0, 0.05) is 82.7 Å². The number of fused-ring (bicyclic) bond motifs is 6. The van der Waals surface area contributed by atoms with E-state index in [9.17, 15) is 31.6 Å². The maximum Gasteiger partial charge on any atom is 0.197 e. The zero-order valence-electron chi connectivity index (χ0n) is 54.1. The quantitative estimate of drug-likeness (QED) is 0.120. The smallest absolute Gasteiger partial charge is 0.197 e. The first-order chi connectivity index (χ1) is 51.0. The van der Waals surface area contributed by atoms with Gasteiger partial charge in [0.05, 0.1) is 137 Å². The molecule has 0 radical (unpaired) electrons. The second-order valence-corrected chi connectivity index (χ2v) is 24.0. The zero-order valence-corrected chi connectivity index (χ0v) is 54.1. The monoisotopic (exact) mass is 1320 g/mol. The lowest BCUT2D eigenvalue weighted by atomic mass is 9.93. The number of hydrogen-bond donors (Lipinski definition) is 0. The van der Waals surface area contributed by atoms with E-state index in [1.807, 2.05) is 182 Å². The fourth-order valence-corrected chi connectivity index (χ4v) is 13.9. The molecule has 0 saturated carbocycles. The Bertz CT molecular complexity index is 6390. The molecule has 0 N–H and O–H groups in total. The van der Waals surface area contributed by atoms with E-state index in [1.165, 1.54) is 48.5 Å². The molecule has 0 aliphatic heterocycles. The van der Waals surface area contributed by atoms with Crippen LogP contribution < -0.4 is 0 Å². The van der Waals surface area contributed by atoms with Gasteiger partial charge in [-0.05, 0) is 137 Å². The number of rotatable bonds is 10. The number of aromatic nitrogens is 4. The van der Waals surface area contributed by atoms with Crippen LogP contribution >= 0.6 is 0 Å². The molecule has 470 valence electrons. The molecule has 15 aromatic rings. The molecular weight excluding hydrogens is 1280 g/mol. The van der Waals surface area contributed by atoms with Crippen LogP contribution in [0.3, 0.4) is 0 Å². The summed E-state index contributed by atoms with van der Waals surface area (Å²) >= 11 is 0. The minimum Gasteiger partial charge on any atom is -0.309 e. The third-order valence-corrected chi connectivity index (χ3v) is 18.4. The standard InChI is InChI=1S/C88H38N16/c1-95-64-35-61(48-92)84(62(36-64)49-93)55-22-27-81-68(38-55)70-40-57(86-63(50-94)37-65(96-2)43-77(86)100-6)24-29-82(70)104(81)83-42-59(88-101-72(53-15-9-7-10-16-53)44-73(102-88)54-17-11-8-12-18-54)21-26-67(83)66-19-13-14-20-78(66)103-79-28-23-56(85-60(47-91)31-51(45-89)32-74(85)97-3)39-69(79)71-41-58(25-30-80(71)103)87-75(98-4)33-52(46-90)34-76(87)99-5/h7-44H. The molecule has 0 aliphatic carbocycles. The molecule has 16 nitrogen and oxygen atoms in total. The second-order valence-electron chi connectivity index (χ2n) is 24.0. The molecule has 15 rings (SSSR count). The molecule has 104 heavy (non-hydrogen) atoms. The average molecular weight is 1320 g/mol. The molecule has 3 heterocycles. The largest absolute Gasteiger partial charge is 0.309 e. The van der Waals surface area contributed by atoms with Crippen molar-refractivity contribution in [1.29, 1.82) is 31.6 Å². The Kier molecular flexibility index (Phi) is 15.8. The summed E-state index contributed by atoms with van der Waals surface area (Å²) in [4.78, 5) is 33.0. The summed E-state index contributed by atoms with van der Waals surface area (Å²) in [5, 5.41) is 65.3. The maximum atomic E-state index is 10.7. The molecule has 0 fully saturated rings. The van der Waals surface area contributed by atoms with E-state index in [1.54, 1.807) is 0 Å². The van der Waals surface area contributed by atoms with Crippen LogP contribution in [0.2, 0.25) is 0 Å². The van der Waals surface area contributed by atoms with Crippen LogP contribution in [0.5, 0.6) is 0 Å². The van der Waals surface area contributed by atoms with E-state index < -0.39 is 0 Å². The molecule has 0 bridgehead atoms. The van der Waals surface area contributed by atoms with Crippen molar-refractivity contribution in [2.24, 2.45) is 0 Å². The predicted molar refractivity (Wildman–Crippen MR) is 400 cm³/mol. The first-order valence-corrected chi connectivity index (χ1v) is 31.8. The van der Waals surface area contributed by atoms with Gasteiger partial charge in [-0.1, -0.05) is 121 Å². The van der Waals surface area contributed by atoms with Gasteiger partial charge in [-0.3, -0.25) is 0 Å². The number of nitriles is 6. The van der Waals surface area contributed by atoms with Crippen LogP contribution in [0.15, 0.2) is 231 Å².